The average Bonchev–Trinajstić information content (AvgIpc) is 3.45. The van der Waals surface area contributed by atoms with Crippen molar-refractivity contribution in [2.45, 2.75) is 44.9 Å². The predicted octanol–water partition coefficient (Wildman–Crippen LogP) is 3.14. The Morgan fingerprint density at radius 3 is 2.69 bits per heavy atom. The van der Waals surface area contributed by atoms with E-state index in [0.29, 0.717) is 12.5 Å². The van der Waals surface area contributed by atoms with E-state index < -0.39 is 6.10 Å². The Morgan fingerprint density at radius 2 is 2.00 bits per heavy atom. The highest BCUT2D eigenvalue weighted by molar-refractivity contribution is 5.31. The molecule has 1 saturated heterocycles. The Kier molecular flexibility index (Phi) is 5.16. The molecule has 0 spiro atoms. The van der Waals surface area contributed by atoms with E-state index >= 15 is 0 Å². The van der Waals surface area contributed by atoms with Crippen LogP contribution >= 0.6 is 0 Å². The highest BCUT2D eigenvalue weighted by atomic mass is 16.5. The maximum absolute atomic E-state index is 10.7. The van der Waals surface area contributed by atoms with Gasteiger partial charge in [-0.3, -0.25) is 4.90 Å². The van der Waals surface area contributed by atoms with E-state index in [0.717, 1.165) is 48.9 Å². The number of hydrogen-bond donors (Lipinski definition) is 2. The van der Waals surface area contributed by atoms with Gasteiger partial charge in [-0.05, 0) is 66.9 Å². The maximum Gasteiger partial charge on any atom is 0.115 e. The molecule has 140 valence electrons. The fraction of sp³-hybridized carbons (Fsp3) is 0.545. The van der Waals surface area contributed by atoms with Crippen molar-refractivity contribution in [3.8, 4) is 0 Å². The topological polar surface area (TPSA) is 58.7 Å². The van der Waals surface area contributed by atoms with Crippen molar-refractivity contribution in [2.24, 2.45) is 17.6 Å². The van der Waals surface area contributed by atoms with Crippen LogP contribution in [0.5, 0.6) is 0 Å². The van der Waals surface area contributed by atoms with E-state index in [-0.39, 0.29) is 6.04 Å². The third-order valence-corrected chi connectivity index (χ3v) is 5.77. The monoisotopic (exact) mass is 354 g/mol. The molecule has 1 heterocycles. The number of rotatable bonds is 6. The Hall–Kier alpha value is -1.62. The second-order valence-electron chi connectivity index (χ2n) is 8.18. The fourth-order valence-corrected chi connectivity index (χ4v) is 3.93. The molecular formula is C22H30N2O2. The smallest absolute Gasteiger partial charge is 0.115 e. The minimum Gasteiger partial charge on any atom is -0.494 e. The molecule has 4 nitrogen and oxygen atoms in total. The molecule has 1 aromatic carbocycles. The normalized spacial score (nSPS) is 27.3. The number of likely N-dealkylation sites (tertiary alicyclic amines) is 1. The van der Waals surface area contributed by atoms with Gasteiger partial charge in [-0.2, -0.15) is 0 Å². The number of allylic oxidation sites excluding steroid dienone is 2. The van der Waals surface area contributed by atoms with Gasteiger partial charge in [0.25, 0.3) is 0 Å². The number of piperidine rings is 1. The van der Waals surface area contributed by atoms with Crippen LogP contribution in [0.3, 0.4) is 0 Å². The molecule has 26 heavy (non-hydrogen) atoms. The average molecular weight is 354 g/mol. The molecule has 1 aromatic rings. The van der Waals surface area contributed by atoms with Gasteiger partial charge < -0.3 is 15.6 Å². The minimum atomic E-state index is -0.398. The summed E-state index contributed by atoms with van der Waals surface area (Å²) in [6.45, 7) is 5.38. The lowest BCUT2D eigenvalue weighted by Gasteiger charge is -2.39. The second kappa shape index (κ2) is 7.55. The number of ether oxygens (including phenoxy) is 1. The highest BCUT2D eigenvalue weighted by Gasteiger charge is 2.32. The van der Waals surface area contributed by atoms with Crippen LogP contribution in [0.15, 0.2) is 47.7 Å². The number of aliphatic hydroxyl groups is 1. The summed E-state index contributed by atoms with van der Waals surface area (Å²) in [6.07, 6.45) is 7.46. The van der Waals surface area contributed by atoms with E-state index in [9.17, 15) is 5.11 Å². The van der Waals surface area contributed by atoms with Gasteiger partial charge in [0.2, 0.25) is 0 Å². The van der Waals surface area contributed by atoms with E-state index in [4.69, 9.17) is 10.5 Å². The number of nitrogens with two attached hydrogens (primary N) is 1. The van der Waals surface area contributed by atoms with Crippen LogP contribution in [0.1, 0.15) is 43.4 Å². The first-order valence-corrected chi connectivity index (χ1v) is 9.88. The van der Waals surface area contributed by atoms with Crippen LogP contribution in [0.2, 0.25) is 0 Å². The van der Waals surface area contributed by atoms with Gasteiger partial charge >= 0.3 is 0 Å². The quantitative estimate of drug-likeness (QED) is 0.824. The Bertz CT molecular complexity index is 689. The summed E-state index contributed by atoms with van der Waals surface area (Å²) < 4.78 is 5.91. The summed E-state index contributed by atoms with van der Waals surface area (Å²) in [5.41, 5.74) is 9.51. The zero-order chi connectivity index (χ0) is 18.1. The molecule has 2 aliphatic carbocycles. The minimum absolute atomic E-state index is 0.0684. The van der Waals surface area contributed by atoms with Gasteiger partial charge in [0.05, 0.1) is 12.7 Å². The largest absolute Gasteiger partial charge is 0.494 e. The van der Waals surface area contributed by atoms with Crippen LogP contribution in [-0.4, -0.2) is 35.8 Å². The van der Waals surface area contributed by atoms with Gasteiger partial charge in [-0.25, -0.2) is 0 Å². The molecule has 2 unspecified atom stereocenters. The number of nitrogens with zero attached hydrogens (tertiary/aromatic N) is 1. The zero-order valence-corrected chi connectivity index (χ0v) is 15.6. The van der Waals surface area contributed by atoms with Gasteiger partial charge in [0.1, 0.15) is 5.76 Å². The zero-order valence-electron chi connectivity index (χ0n) is 15.6. The second-order valence-corrected chi connectivity index (χ2v) is 8.18. The van der Waals surface area contributed by atoms with Crippen molar-refractivity contribution in [2.75, 3.05) is 19.7 Å². The van der Waals surface area contributed by atoms with Gasteiger partial charge in [-0.15, -0.1) is 0 Å². The molecule has 0 amide bonds. The first-order chi connectivity index (χ1) is 12.6. The molecule has 0 bridgehead atoms. The lowest BCUT2D eigenvalue weighted by atomic mass is 9.83. The molecule has 3 aliphatic rings. The van der Waals surface area contributed by atoms with Crippen molar-refractivity contribution >= 4 is 0 Å². The summed E-state index contributed by atoms with van der Waals surface area (Å²) in [5.74, 6) is 2.12. The summed E-state index contributed by atoms with van der Waals surface area (Å²) in [6, 6.07) is 8.60. The van der Waals surface area contributed by atoms with Gasteiger partial charge in [0, 0.05) is 25.7 Å². The molecule has 2 fully saturated rings. The highest BCUT2D eigenvalue weighted by Crippen LogP contribution is 2.34. The summed E-state index contributed by atoms with van der Waals surface area (Å²) in [4.78, 5) is 2.36. The molecular weight excluding hydrogens is 324 g/mol. The summed E-state index contributed by atoms with van der Waals surface area (Å²) >= 11 is 0. The number of β-amino-alcohol motifs (C(OH)–C–C–N with tert-alkyl or cyclic N) is 1. The van der Waals surface area contributed by atoms with Crippen molar-refractivity contribution < 1.29 is 9.84 Å². The number of benzene rings is 1. The van der Waals surface area contributed by atoms with E-state index in [1.165, 1.54) is 18.4 Å². The SMILES string of the molecule is C[C@H](N)c1ccc(CN2CC(O)C3=CC(OCC4CC4)=CCC3C2)cc1. The lowest BCUT2D eigenvalue weighted by molar-refractivity contribution is 0.0804. The fourth-order valence-electron chi connectivity index (χ4n) is 3.93. The Labute approximate surface area is 156 Å². The molecule has 3 atom stereocenters. The molecule has 4 rings (SSSR count). The predicted molar refractivity (Wildman–Crippen MR) is 103 cm³/mol. The molecule has 3 N–H and O–H groups in total. The molecule has 1 aliphatic heterocycles. The third-order valence-electron chi connectivity index (χ3n) is 5.77. The maximum atomic E-state index is 10.7. The molecule has 0 radical (unpaired) electrons. The van der Waals surface area contributed by atoms with E-state index in [1.807, 2.05) is 6.92 Å². The van der Waals surface area contributed by atoms with Crippen LogP contribution < -0.4 is 5.73 Å². The number of aliphatic hydroxyl groups excluding tert-OH is 1. The summed E-state index contributed by atoms with van der Waals surface area (Å²) in [5, 5.41) is 10.7. The molecule has 4 heteroatoms. The third kappa shape index (κ3) is 4.20. The first kappa shape index (κ1) is 17.8. The van der Waals surface area contributed by atoms with Crippen molar-refractivity contribution in [3.05, 3.63) is 58.9 Å². The van der Waals surface area contributed by atoms with Crippen molar-refractivity contribution in [3.63, 3.8) is 0 Å². The van der Waals surface area contributed by atoms with Crippen molar-refractivity contribution in [1.82, 2.24) is 4.90 Å². The van der Waals surface area contributed by atoms with E-state index in [1.54, 1.807) is 0 Å². The molecule has 1 saturated carbocycles. The number of fused-ring (bicyclic) bond motifs is 1. The summed E-state index contributed by atoms with van der Waals surface area (Å²) in [7, 11) is 0. The first-order valence-electron chi connectivity index (χ1n) is 9.88. The Morgan fingerprint density at radius 1 is 1.23 bits per heavy atom. The van der Waals surface area contributed by atoms with Crippen LogP contribution in [0, 0.1) is 11.8 Å². The molecule has 0 aromatic heterocycles. The van der Waals surface area contributed by atoms with Gasteiger partial charge in [0.15, 0.2) is 0 Å². The van der Waals surface area contributed by atoms with Crippen molar-refractivity contribution in [1.29, 1.82) is 0 Å². The van der Waals surface area contributed by atoms with Crippen LogP contribution in [0.25, 0.3) is 0 Å². The van der Waals surface area contributed by atoms with E-state index in [2.05, 4.69) is 41.3 Å². The van der Waals surface area contributed by atoms with Crippen LogP contribution in [0.4, 0.5) is 0 Å². The Balaban J connectivity index is 1.35. The number of hydrogen-bond acceptors (Lipinski definition) is 4. The lowest BCUT2D eigenvalue weighted by Crippen LogP contribution is -2.45. The standard InChI is InChI=1S/C22H30N2O2/c1-15(23)18-6-4-16(5-7-18)11-24-12-19-8-9-20(26-14-17-2-3-17)10-21(19)22(25)13-24/h4-7,9-10,15,17,19,22,25H,2-3,8,11-14,23H2,1H3/t15-,19?,22?/m0/s1. The van der Waals surface area contributed by atoms with Gasteiger partial charge in [-0.1, -0.05) is 24.3 Å². The van der Waals surface area contributed by atoms with Crippen LogP contribution in [-0.2, 0) is 11.3 Å².